The summed E-state index contributed by atoms with van der Waals surface area (Å²) in [5.74, 6) is 0.236. The predicted molar refractivity (Wildman–Crippen MR) is 108 cm³/mol. The Morgan fingerprint density at radius 3 is 2.59 bits per heavy atom. The molecule has 4 aromatic rings. The maximum Gasteiger partial charge on any atom is 0.246 e. The number of ether oxygens (including phenoxy) is 1. The average Bonchev–Trinajstić information content (AvgIpc) is 2.72. The van der Waals surface area contributed by atoms with Crippen molar-refractivity contribution >= 4 is 22.5 Å². The van der Waals surface area contributed by atoms with E-state index >= 15 is 0 Å². The number of anilines is 1. The first-order chi connectivity index (χ1) is 14.1. The van der Waals surface area contributed by atoms with Gasteiger partial charge in [-0.3, -0.25) is 14.3 Å². The summed E-state index contributed by atoms with van der Waals surface area (Å²) in [7, 11) is 0. The molecule has 7 heteroatoms. The molecule has 1 heterocycles. The van der Waals surface area contributed by atoms with Crippen LogP contribution >= 0.6 is 0 Å². The van der Waals surface area contributed by atoms with Gasteiger partial charge >= 0.3 is 0 Å². The number of halogens is 1. The first kappa shape index (κ1) is 18.4. The lowest BCUT2D eigenvalue weighted by molar-refractivity contribution is -0.116. The third-order valence-corrected chi connectivity index (χ3v) is 4.23. The van der Waals surface area contributed by atoms with Crippen LogP contribution < -0.4 is 15.5 Å². The number of benzene rings is 3. The van der Waals surface area contributed by atoms with E-state index < -0.39 is 0 Å². The van der Waals surface area contributed by atoms with Crippen LogP contribution in [-0.2, 0) is 11.3 Å². The van der Waals surface area contributed by atoms with Gasteiger partial charge in [-0.2, -0.15) is 5.10 Å². The predicted octanol–water partition coefficient (Wildman–Crippen LogP) is 3.97. The molecule has 0 bridgehead atoms. The van der Waals surface area contributed by atoms with Crippen molar-refractivity contribution in [3.63, 3.8) is 0 Å². The second-order valence-corrected chi connectivity index (χ2v) is 6.32. The fourth-order valence-electron chi connectivity index (χ4n) is 2.90. The molecule has 0 saturated carbocycles. The van der Waals surface area contributed by atoms with Crippen LogP contribution in [0.5, 0.6) is 11.5 Å². The largest absolute Gasteiger partial charge is 0.457 e. The second-order valence-electron chi connectivity index (χ2n) is 6.32. The quantitative estimate of drug-likeness (QED) is 0.561. The van der Waals surface area contributed by atoms with Crippen LogP contribution in [0, 0.1) is 5.82 Å². The van der Waals surface area contributed by atoms with Gasteiger partial charge in [-0.15, -0.1) is 0 Å². The molecule has 0 atom stereocenters. The lowest BCUT2D eigenvalue weighted by Gasteiger charge is -2.10. The zero-order valence-electron chi connectivity index (χ0n) is 15.2. The summed E-state index contributed by atoms with van der Waals surface area (Å²) in [5.41, 5.74) is 0.979. The van der Waals surface area contributed by atoms with Gasteiger partial charge in [0, 0.05) is 17.1 Å². The zero-order valence-corrected chi connectivity index (χ0v) is 15.2. The van der Waals surface area contributed by atoms with Crippen LogP contribution in [0.4, 0.5) is 10.1 Å². The molecule has 0 aliphatic carbocycles. The van der Waals surface area contributed by atoms with E-state index in [0.29, 0.717) is 28.1 Å². The molecule has 4 rings (SSSR count). The minimum absolute atomic E-state index is 0.0393. The van der Waals surface area contributed by atoms with Gasteiger partial charge in [0.2, 0.25) is 11.3 Å². The summed E-state index contributed by atoms with van der Waals surface area (Å²) >= 11 is 0. The smallest absolute Gasteiger partial charge is 0.246 e. The fraction of sp³-hybridized carbons (Fsp3) is 0.0455. The molecule has 1 N–H and O–H groups in total. The monoisotopic (exact) mass is 389 g/mol. The van der Waals surface area contributed by atoms with E-state index in [1.54, 1.807) is 60.7 Å². The Labute approximate surface area is 165 Å². The van der Waals surface area contributed by atoms with Gasteiger partial charge in [0.25, 0.3) is 0 Å². The molecule has 144 valence electrons. The van der Waals surface area contributed by atoms with Crippen LogP contribution in [0.15, 0.2) is 83.8 Å². The number of hydrogen-bond donors (Lipinski definition) is 1. The fourth-order valence-corrected chi connectivity index (χ4v) is 2.90. The summed E-state index contributed by atoms with van der Waals surface area (Å²) in [5, 5.41) is 7.33. The molecule has 3 aromatic carbocycles. The van der Waals surface area contributed by atoms with Gasteiger partial charge in [0.1, 0.15) is 23.9 Å². The van der Waals surface area contributed by atoms with Gasteiger partial charge < -0.3 is 10.1 Å². The highest BCUT2D eigenvalue weighted by atomic mass is 19.1. The van der Waals surface area contributed by atoms with Crippen molar-refractivity contribution in [2.75, 3.05) is 5.32 Å². The first-order valence-corrected chi connectivity index (χ1v) is 8.87. The van der Waals surface area contributed by atoms with Gasteiger partial charge in [0.15, 0.2) is 0 Å². The molecule has 1 aromatic heterocycles. The highest BCUT2D eigenvalue weighted by Gasteiger charge is 2.09. The minimum Gasteiger partial charge on any atom is -0.457 e. The third-order valence-electron chi connectivity index (χ3n) is 4.23. The SMILES string of the molecule is O=C(Cn1ncc(=O)c2ccccc21)Nc1ccc(Oc2cccc(F)c2)cc1. The maximum absolute atomic E-state index is 13.2. The molecule has 29 heavy (non-hydrogen) atoms. The van der Waals surface area contributed by atoms with Gasteiger partial charge in [-0.1, -0.05) is 18.2 Å². The van der Waals surface area contributed by atoms with Gasteiger partial charge in [-0.25, -0.2) is 4.39 Å². The summed E-state index contributed by atoms with van der Waals surface area (Å²) in [6, 6.07) is 19.6. The van der Waals surface area contributed by atoms with Crippen LogP contribution in [0.3, 0.4) is 0 Å². The van der Waals surface area contributed by atoms with Crippen molar-refractivity contribution in [3.8, 4) is 11.5 Å². The van der Waals surface area contributed by atoms with Crippen LogP contribution in [0.2, 0.25) is 0 Å². The molecule has 0 saturated heterocycles. The van der Waals surface area contributed by atoms with Crippen molar-refractivity contribution in [2.24, 2.45) is 0 Å². The number of fused-ring (bicyclic) bond motifs is 1. The van der Waals surface area contributed by atoms with E-state index in [0.717, 1.165) is 0 Å². The molecule has 0 radical (unpaired) electrons. The lowest BCUT2D eigenvalue weighted by Crippen LogP contribution is -2.22. The number of nitrogens with zero attached hydrogens (tertiary/aromatic N) is 2. The van der Waals surface area contributed by atoms with Crippen molar-refractivity contribution in [1.29, 1.82) is 0 Å². The Morgan fingerprint density at radius 1 is 1.00 bits per heavy atom. The number of amides is 1. The van der Waals surface area contributed by atoms with Crippen molar-refractivity contribution < 1.29 is 13.9 Å². The Morgan fingerprint density at radius 2 is 1.79 bits per heavy atom. The van der Waals surface area contributed by atoms with E-state index in [1.165, 1.54) is 23.0 Å². The van der Waals surface area contributed by atoms with Crippen molar-refractivity contribution in [3.05, 3.63) is 95.0 Å². The van der Waals surface area contributed by atoms with E-state index in [4.69, 9.17) is 4.74 Å². The van der Waals surface area contributed by atoms with Crippen LogP contribution in [-0.4, -0.2) is 15.7 Å². The summed E-state index contributed by atoms with van der Waals surface area (Å²) in [6.07, 6.45) is 1.20. The number of para-hydroxylation sites is 1. The highest BCUT2D eigenvalue weighted by molar-refractivity contribution is 5.91. The topological polar surface area (TPSA) is 73.2 Å². The summed E-state index contributed by atoms with van der Waals surface area (Å²) in [4.78, 5) is 24.3. The lowest BCUT2D eigenvalue weighted by atomic mass is 10.2. The number of aromatic nitrogens is 2. The number of nitrogens with one attached hydrogen (secondary N) is 1. The van der Waals surface area contributed by atoms with Crippen LogP contribution in [0.1, 0.15) is 0 Å². The molecular formula is C22H16FN3O3. The normalized spacial score (nSPS) is 10.7. The highest BCUT2D eigenvalue weighted by Crippen LogP contribution is 2.23. The Balaban J connectivity index is 1.44. The second kappa shape index (κ2) is 7.93. The zero-order chi connectivity index (χ0) is 20.2. The number of rotatable bonds is 5. The number of carbonyl (C=O) groups excluding carboxylic acids is 1. The molecule has 0 aliphatic heterocycles. The van der Waals surface area contributed by atoms with E-state index in [9.17, 15) is 14.0 Å². The van der Waals surface area contributed by atoms with Gasteiger partial charge in [-0.05, 0) is 48.5 Å². The standard InChI is InChI=1S/C22H16FN3O3/c23-15-4-3-5-18(12-15)29-17-10-8-16(9-11-17)25-22(28)14-26-20-7-2-1-6-19(20)21(27)13-24-26/h1-13H,14H2,(H,25,28). The Kier molecular flexibility index (Phi) is 5.03. The average molecular weight is 389 g/mol. The maximum atomic E-state index is 13.2. The van der Waals surface area contributed by atoms with Gasteiger partial charge in [0.05, 0.1) is 11.7 Å². The van der Waals surface area contributed by atoms with E-state index in [2.05, 4.69) is 10.4 Å². The number of hydrogen-bond acceptors (Lipinski definition) is 4. The van der Waals surface area contributed by atoms with E-state index in [1.807, 2.05) is 0 Å². The molecular weight excluding hydrogens is 373 g/mol. The molecule has 0 fully saturated rings. The molecule has 0 unspecified atom stereocenters. The first-order valence-electron chi connectivity index (χ1n) is 8.87. The minimum atomic E-state index is -0.380. The summed E-state index contributed by atoms with van der Waals surface area (Å²) in [6.45, 7) is -0.0393. The third kappa shape index (κ3) is 4.30. The molecule has 0 spiro atoms. The molecule has 1 amide bonds. The van der Waals surface area contributed by atoms with Crippen molar-refractivity contribution in [2.45, 2.75) is 6.54 Å². The van der Waals surface area contributed by atoms with Crippen molar-refractivity contribution in [1.82, 2.24) is 9.78 Å². The van der Waals surface area contributed by atoms with Crippen LogP contribution in [0.25, 0.3) is 10.9 Å². The Hall–Kier alpha value is -4.00. The molecule has 0 aliphatic rings. The summed E-state index contributed by atoms with van der Waals surface area (Å²) < 4.78 is 20.3. The molecule has 6 nitrogen and oxygen atoms in total. The Bertz CT molecular complexity index is 1240. The number of carbonyl (C=O) groups is 1. The van der Waals surface area contributed by atoms with E-state index in [-0.39, 0.29) is 23.7 Å².